The Morgan fingerprint density at radius 3 is 2.61 bits per heavy atom. The molecule has 0 fully saturated rings. The molecule has 18 heavy (non-hydrogen) atoms. The summed E-state index contributed by atoms with van der Waals surface area (Å²) in [5, 5.41) is 12.1. The highest BCUT2D eigenvalue weighted by atomic mass is 16.4. The Morgan fingerprint density at radius 1 is 1.28 bits per heavy atom. The minimum absolute atomic E-state index is 0.304. The monoisotopic (exact) mass is 242 g/mol. The summed E-state index contributed by atoms with van der Waals surface area (Å²) in [7, 11) is 0. The molecule has 0 saturated heterocycles. The van der Waals surface area contributed by atoms with Crippen LogP contribution in [-0.2, 0) is 6.54 Å². The van der Waals surface area contributed by atoms with Crippen molar-refractivity contribution in [1.82, 2.24) is 4.98 Å². The first-order chi connectivity index (χ1) is 8.66. The van der Waals surface area contributed by atoms with E-state index in [0.717, 1.165) is 16.8 Å². The van der Waals surface area contributed by atoms with Crippen LogP contribution in [-0.4, -0.2) is 16.1 Å². The standard InChI is InChI=1S/C14H14N2O2/c1-10-8-15-7-6-13(10)16-9-11-2-4-12(5-3-11)14(17)18/h2-8H,9H2,1H3,(H,15,16)(H,17,18). The van der Waals surface area contributed by atoms with E-state index in [9.17, 15) is 4.79 Å². The molecule has 0 aliphatic carbocycles. The van der Waals surface area contributed by atoms with E-state index in [1.165, 1.54) is 0 Å². The number of carboxylic acids is 1. The van der Waals surface area contributed by atoms with E-state index < -0.39 is 5.97 Å². The number of aromatic nitrogens is 1. The number of carbonyl (C=O) groups is 1. The van der Waals surface area contributed by atoms with Crippen LogP contribution in [0.5, 0.6) is 0 Å². The lowest BCUT2D eigenvalue weighted by atomic mass is 10.1. The van der Waals surface area contributed by atoms with Gasteiger partial charge < -0.3 is 10.4 Å². The number of anilines is 1. The zero-order chi connectivity index (χ0) is 13.0. The maximum Gasteiger partial charge on any atom is 0.335 e. The number of pyridine rings is 1. The molecule has 2 rings (SSSR count). The Hall–Kier alpha value is -2.36. The van der Waals surface area contributed by atoms with Gasteiger partial charge in [-0.05, 0) is 36.2 Å². The molecule has 1 aromatic heterocycles. The van der Waals surface area contributed by atoms with Crippen LogP contribution >= 0.6 is 0 Å². The molecule has 4 heteroatoms. The fourth-order valence-corrected chi connectivity index (χ4v) is 1.63. The van der Waals surface area contributed by atoms with Gasteiger partial charge in [-0.25, -0.2) is 4.79 Å². The van der Waals surface area contributed by atoms with E-state index in [0.29, 0.717) is 12.1 Å². The van der Waals surface area contributed by atoms with Crippen molar-refractivity contribution in [3.63, 3.8) is 0 Å². The van der Waals surface area contributed by atoms with Crippen LogP contribution in [0, 0.1) is 6.92 Å². The van der Waals surface area contributed by atoms with Gasteiger partial charge in [0.25, 0.3) is 0 Å². The van der Waals surface area contributed by atoms with Crippen molar-refractivity contribution in [2.45, 2.75) is 13.5 Å². The quantitative estimate of drug-likeness (QED) is 0.865. The molecule has 1 heterocycles. The predicted molar refractivity (Wildman–Crippen MR) is 69.7 cm³/mol. The van der Waals surface area contributed by atoms with Crippen molar-refractivity contribution in [3.05, 3.63) is 59.4 Å². The van der Waals surface area contributed by atoms with Crippen LogP contribution in [0.15, 0.2) is 42.7 Å². The lowest BCUT2D eigenvalue weighted by molar-refractivity contribution is 0.0697. The zero-order valence-corrected chi connectivity index (χ0v) is 10.1. The molecule has 1 aromatic carbocycles. The molecule has 0 radical (unpaired) electrons. The molecular weight excluding hydrogens is 228 g/mol. The van der Waals surface area contributed by atoms with Gasteiger partial charge in [0.2, 0.25) is 0 Å². The van der Waals surface area contributed by atoms with E-state index in [1.807, 2.05) is 25.1 Å². The molecule has 4 nitrogen and oxygen atoms in total. The summed E-state index contributed by atoms with van der Waals surface area (Å²) in [6.45, 7) is 2.65. The number of benzene rings is 1. The highest BCUT2D eigenvalue weighted by Crippen LogP contribution is 2.13. The predicted octanol–water partition coefficient (Wildman–Crippen LogP) is 2.70. The summed E-state index contributed by atoms with van der Waals surface area (Å²) < 4.78 is 0. The molecule has 0 atom stereocenters. The summed E-state index contributed by atoms with van der Waals surface area (Å²) in [6.07, 6.45) is 3.54. The largest absolute Gasteiger partial charge is 0.478 e. The lowest BCUT2D eigenvalue weighted by Crippen LogP contribution is -2.02. The first-order valence-electron chi connectivity index (χ1n) is 5.63. The Morgan fingerprint density at radius 2 is 2.00 bits per heavy atom. The fourth-order valence-electron chi connectivity index (χ4n) is 1.63. The van der Waals surface area contributed by atoms with Crippen molar-refractivity contribution in [2.24, 2.45) is 0 Å². The van der Waals surface area contributed by atoms with Crippen molar-refractivity contribution in [1.29, 1.82) is 0 Å². The molecule has 0 saturated carbocycles. The summed E-state index contributed by atoms with van der Waals surface area (Å²) in [5.74, 6) is -0.903. The summed E-state index contributed by atoms with van der Waals surface area (Å²) in [5.41, 5.74) is 3.46. The van der Waals surface area contributed by atoms with Gasteiger partial charge in [0.15, 0.2) is 0 Å². The average molecular weight is 242 g/mol. The highest BCUT2D eigenvalue weighted by molar-refractivity contribution is 5.87. The van der Waals surface area contributed by atoms with E-state index in [1.54, 1.807) is 24.5 Å². The van der Waals surface area contributed by atoms with Crippen LogP contribution in [0.2, 0.25) is 0 Å². The van der Waals surface area contributed by atoms with Crippen LogP contribution in [0.4, 0.5) is 5.69 Å². The third kappa shape index (κ3) is 2.85. The molecule has 2 N–H and O–H groups in total. The van der Waals surface area contributed by atoms with Crippen LogP contribution in [0.25, 0.3) is 0 Å². The maximum atomic E-state index is 10.7. The number of hydrogen-bond donors (Lipinski definition) is 2. The lowest BCUT2D eigenvalue weighted by Gasteiger charge is -2.08. The molecule has 0 spiro atoms. The van der Waals surface area contributed by atoms with Gasteiger partial charge >= 0.3 is 5.97 Å². The Bertz CT molecular complexity index is 550. The number of nitrogens with zero attached hydrogens (tertiary/aromatic N) is 1. The normalized spacial score (nSPS) is 10.1. The summed E-state index contributed by atoms with van der Waals surface area (Å²) >= 11 is 0. The van der Waals surface area contributed by atoms with Gasteiger partial charge in [0.1, 0.15) is 0 Å². The van der Waals surface area contributed by atoms with Gasteiger partial charge in [-0.1, -0.05) is 12.1 Å². The van der Waals surface area contributed by atoms with Crippen molar-refractivity contribution >= 4 is 11.7 Å². The van der Waals surface area contributed by atoms with Crippen molar-refractivity contribution < 1.29 is 9.90 Å². The molecule has 0 aliphatic heterocycles. The van der Waals surface area contributed by atoms with Crippen LogP contribution in [0.3, 0.4) is 0 Å². The second-order valence-electron chi connectivity index (χ2n) is 4.05. The van der Waals surface area contributed by atoms with E-state index in [-0.39, 0.29) is 0 Å². The van der Waals surface area contributed by atoms with Crippen LogP contribution in [0.1, 0.15) is 21.5 Å². The number of nitrogens with one attached hydrogen (secondary N) is 1. The average Bonchev–Trinajstić information content (AvgIpc) is 2.38. The minimum Gasteiger partial charge on any atom is -0.478 e. The molecule has 0 bridgehead atoms. The van der Waals surface area contributed by atoms with E-state index in [2.05, 4.69) is 10.3 Å². The zero-order valence-electron chi connectivity index (χ0n) is 10.1. The van der Waals surface area contributed by atoms with E-state index >= 15 is 0 Å². The number of aromatic carboxylic acids is 1. The Kier molecular flexibility index (Phi) is 3.57. The van der Waals surface area contributed by atoms with Crippen LogP contribution < -0.4 is 5.32 Å². The topological polar surface area (TPSA) is 62.2 Å². The first-order valence-corrected chi connectivity index (χ1v) is 5.63. The first kappa shape index (κ1) is 12.1. The number of hydrogen-bond acceptors (Lipinski definition) is 3. The molecule has 2 aromatic rings. The fraction of sp³-hybridized carbons (Fsp3) is 0.143. The highest BCUT2D eigenvalue weighted by Gasteiger charge is 2.02. The van der Waals surface area contributed by atoms with Gasteiger partial charge in [-0.3, -0.25) is 4.98 Å². The molecule has 0 aliphatic rings. The molecular formula is C14H14N2O2. The smallest absolute Gasteiger partial charge is 0.335 e. The van der Waals surface area contributed by atoms with E-state index in [4.69, 9.17) is 5.11 Å². The number of aryl methyl sites for hydroxylation is 1. The SMILES string of the molecule is Cc1cnccc1NCc1ccc(C(=O)O)cc1. The van der Waals surface area contributed by atoms with Gasteiger partial charge in [0.05, 0.1) is 5.56 Å². The van der Waals surface area contributed by atoms with Gasteiger partial charge in [-0.15, -0.1) is 0 Å². The molecule has 0 amide bonds. The Labute approximate surface area is 105 Å². The van der Waals surface area contributed by atoms with Gasteiger partial charge in [-0.2, -0.15) is 0 Å². The van der Waals surface area contributed by atoms with Crippen molar-refractivity contribution in [3.8, 4) is 0 Å². The number of carboxylic acid groups (broad SMARTS) is 1. The Balaban J connectivity index is 2.02. The van der Waals surface area contributed by atoms with Gasteiger partial charge in [0, 0.05) is 24.6 Å². The molecule has 92 valence electrons. The second kappa shape index (κ2) is 5.31. The summed E-state index contributed by atoms with van der Waals surface area (Å²) in [4.78, 5) is 14.7. The maximum absolute atomic E-state index is 10.7. The second-order valence-corrected chi connectivity index (χ2v) is 4.05. The number of rotatable bonds is 4. The van der Waals surface area contributed by atoms with Crippen molar-refractivity contribution in [2.75, 3.05) is 5.32 Å². The molecule has 0 unspecified atom stereocenters. The third-order valence-electron chi connectivity index (χ3n) is 2.70. The summed E-state index contributed by atoms with van der Waals surface area (Å²) in [6, 6.07) is 8.76. The minimum atomic E-state index is -0.903. The third-order valence-corrected chi connectivity index (χ3v) is 2.70.